The normalized spacial score (nSPS) is 11.0. The minimum Gasteiger partial charge on any atom is -0.475 e. The molecule has 0 spiro atoms. The van der Waals surface area contributed by atoms with Gasteiger partial charge in [0.05, 0.1) is 5.69 Å². The molecule has 0 aliphatic rings. The lowest BCUT2D eigenvalue weighted by molar-refractivity contribution is -0.192. The number of nitrogens with one attached hydrogen (secondary N) is 1. The maximum atomic E-state index is 12.3. The summed E-state index contributed by atoms with van der Waals surface area (Å²) in [4.78, 5) is 29.6. The Morgan fingerprint density at radius 2 is 1.96 bits per heavy atom. The number of alkyl halides is 3. The van der Waals surface area contributed by atoms with E-state index in [1.54, 1.807) is 29.8 Å². The minimum atomic E-state index is -5.08. The number of halogens is 3. The molecule has 150 valence electrons. The zero-order valence-corrected chi connectivity index (χ0v) is 14.9. The van der Waals surface area contributed by atoms with E-state index in [1.165, 1.54) is 0 Å². The highest BCUT2D eigenvalue weighted by molar-refractivity contribution is 5.94. The van der Waals surface area contributed by atoms with Gasteiger partial charge in [0.25, 0.3) is 5.91 Å². The molecular formula is C17H17F3N4O4. The molecule has 3 aromatic rings. The van der Waals surface area contributed by atoms with E-state index in [0.29, 0.717) is 30.1 Å². The van der Waals surface area contributed by atoms with Crippen molar-refractivity contribution >= 4 is 17.7 Å². The molecule has 0 radical (unpaired) electrons. The lowest BCUT2D eigenvalue weighted by Crippen LogP contribution is -2.27. The summed E-state index contributed by atoms with van der Waals surface area (Å²) in [6.45, 7) is 4.22. The number of furan rings is 1. The molecule has 0 aromatic carbocycles. The second kappa shape index (κ2) is 8.55. The van der Waals surface area contributed by atoms with Crippen molar-refractivity contribution in [1.29, 1.82) is 0 Å². The Balaban J connectivity index is 0.000000345. The summed E-state index contributed by atoms with van der Waals surface area (Å²) >= 11 is 0. The van der Waals surface area contributed by atoms with E-state index in [1.807, 2.05) is 19.1 Å². The Morgan fingerprint density at radius 3 is 2.54 bits per heavy atom. The number of fused-ring (bicyclic) bond motifs is 1. The number of aliphatic carboxylic acids is 1. The number of carboxylic acids is 1. The fraction of sp³-hybridized carbons (Fsp3) is 0.294. The summed E-state index contributed by atoms with van der Waals surface area (Å²) < 4.78 is 38.9. The molecule has 1 amide bonds. The Bertz CT molecular complexity index is 978. The van der Waals surface area contributed by atoms with Gasteiger partial charge in [0, 0.05) is 25.4 Å². The molecule has 3 heterocycles. The average molecular weight is 398 g/mol. The molecule has 0 bridgehead atoms. The Hall–Kier alpha value is -3.37. The number of imidazole rings is 1. The van der Waals surface area contributed by atoms with Crippen molar-refractivity contribution < 1.29 is 32.3 Å². The van der Waals surface area contributed by atoms with Crippen LogP contribution in [0, 0.1) is 13.8 Å². The van der Waals surface area contributed by atoms with E-state index in [9.17, 15) is 18.0 Å². The molecule has 28 heavy (non-hydrogen) atoms. The van der Waals surface area contributed by atoms with Crippen LogP contribution in [0.4, 0.5) is 13.2 Å². The van der Waals surface area contributed by atoms with Crippen molar-refractivity contribution in [2.24, 2.45) is 0 Å². The van der Waals surface area contributed by atoms with Crippen LogP contribution >= 0.6 is 0 Å². The topological polar surface area (TPSA) is 110 Å². The summed E-state index contributed by atoms with van der Waals surface area (Å²) in [7, 11) is 0. The van der Waals surface area contributed by atoms with Crippen LogP contribution < -0.4 is 5.32 Å². The average Bonchev–Trinajstić information content (AvgIpc) is 3.16. The predicted octanol–water partition coefficient (Wildman–Crippen LogP) is 2.54. The van der Waals surface area contributed by atoms with E-state index in [0.717, 1.165) is 11.5 Å². The van der Waals surface area contributed by atoms with Gasteiger partial charge in [-0.25, -0.2) is 14.8 Å². The van der Waals surface area contributed by atoms with E-state index in [4.69, 9.17) is 14.3 Å². The van der Waals surface area contributed by atoms with Crippen LogP contribution in [0.15, 0.2) is 35.0 Å². The smallest absolute Gasteiger partial charge is 0.475 e. The van der Waals surface area contributed by atoms with Gasteiger partial charge in [0.15, 0.2) is 0 Å². The van der Waals surface area contributed by atoms with Crippen molar-refractivity contribution in [3.63, 3.8) is 0 Å². The Kier molecular flexibility index (Phi) is 6.39. The molecule has 0 aliphatic carbocycles. The molecule has 0 unspecified atom stereocenters. The van der Waals surface area contributed by atoms with Gasteiger partial charge in [-0.15, -0.1) is 0 Å². The first-order chi connectivity index (χ1) is 13.1. The number of carbonyl (C=O) groups is 2. The maximum absolute atomic E-state index is 12.3. The summed E-state index contributed by atoms with van der Waals surface area (Å²) in [5, 5.41) is 10.0. The summed E-state index contributed by atoms with van der Waals surface area (Å²) in [5.74, 6) is -0.644. The third-order valence-corrected chi connectivity index (χ3v) is 3.49. The van der Waals surface area contributed by atoms with Crippen molar-refractivity contribution in [2.75, 3.05) is 6.54 Å². The van der Waals surface area contributed by atoms with E-state index < -0.39 is 12.1 Å². The summed E-state index contributed by atoms with van der Waals surface area (Å²) in [6, 6.07) is 5.61. The molecule has 2 N–H and O–H groups in total. The Labute approximate surface area is 157 Å². The lowest BCUT2D eigenvalue weighted by Gasteiger charge is -2.04. The standard InChI is InChI=1S/C15H16N4O2.C2HF3O2/c1-10-4-5-12(21-10)6-8-16-14(20)13-11(2)18-15-17-7-3-9-19(13)15;3-2(4,5)1(6)7/h3-5,7,9H,6,8H2,1-2H3,(H,16,20);(H,6,7). The van der Waals surface area contributed by atoms with Crippen molar-refractivity contribution in [3.05, 3.63) is 53.5 Å². The van der Waals surface area contributed by atoms with Gasteiger partial charge in [-0.2, -0.15) is 13.2 Å². The SMILES string of the molecule is Cc1ccc(CCNC(=O)c2c(C)nc3ncccn23)o1.O=C(O)C(F)(F)F. The highest BCUT2D eigenvalue weighted by Gasteiger charge is 2.38. The third kappa shape index (κ3) is 5.32. The van der Waals surface area contributed by atoms with Crippen molar-refractivity contribution in [2.45, 2.75) is 26.4 Å². The molecular weight excluding hydrogens is 381 g/mol. The van der Waals surface area contributed by atoms with Crippen LogP contribution in [0.1, 0.15) is 27.7 Å². The van der Waals surface area contributed by atoms with Crippen molar-refractivity contribution in [3.8, 4) is 0 Å². The highest BCUT2D eigenvalue weighted by Crippen LogP contribution is 2.13. The van der Waals surface area contributed by atoms with Gasteiger partial charge in [0.1, 0.15) is 17.2 Å². The van der Waals surface area contributed by atoms with Gasteiger partial charge in [0.2, 0.25) is 5.78 Å². The number of amides is 1. The number of hydrogen-bond acceptors (Lipinski definition) is 5. The molecule has 0 fully saturated rings. The molecule has 0 atom stereocenters. The summed E-state index contributed by atoms with van der Waals surface area (Å²) in [5.41, 5.74) is 1.19. The number of aryl methyl sites for hydroxylation is 2. The highest BCUT2D eigenvalue weighted by atomic mass is 19.4. The monoisotopic (exact) mass is 398 g/mol. The second-order valence-corrected chi connectivity index (χ2v) is 5.66. The van der Waals surface area contributed by atoms with Crippen LogP contribution in [-0.2, 0) is 11.2 Å². The number of aromatic nitrogens is 3. The van der Waals surface area contributed by atoms with Crippen molar-refractivity contribution in [1.82, 2.24) is 19.7 Å². The van der Waals surface area contributed by atoms with E-state index in [2.05, 4.69) is 15.3 Å². The van der Waals surface area contributed by atoms with Gasteiger partial charge in [-0.3, -0.25) is 9.20 Å². The molecule has 0 saturated carbocycles. The number of carbonyl (C=O) groups excluding carboxylic acids is 1. The van der Waals surface area contributed by atoms with Gasteiger partial charge >= 0.3 is 12.1 Å². The van der Waals surface area contributed by atoms with Crippen LogP contribution in [-0.4, -0.2) is 44.1 Å². The maximum Gasteiger partial charge on any atom is 0.490 e. The molecule has 3 aromatic heterocycles. The fourth-order valence-corrected chi connectivity index (χ4v) is 2.27. The van der Waals surface area contributed by atoms with E-state index >= 15 is 0 Å². The van der Waals surface area contributed by atoms with E-state index in [-0.39, 0.29) is 5.91 Å². The number of nitrogens with zero attached hydrogens (tertiary/aromatic N) is 3. The van der Waals surface area contributed by atoms with Crippen LogP contribution in [0.3, 0.4) is 0 Å². The summed E-state index contributed by atoms with van der Waals surface area (Å²) in [6.07, 6.45) is -0.983. The number of carboxylic acid groups (broad SMARTS) is 1. The second-order valence-electron chi connectivity index (χ2n) is 5.66. The first kappa shape index (κ1) is 20.9. The molecule has 11 heteroatoms. The largest absolute Gasteiger partial charge is 0.490 e. The van der Waals surface area contributed by atoms with Gasteiger partial charge < -0.3 is 14.8 Å². The third-order valence-electron chi connectivity index (χ3n) is 3.49. The molecule has 8 nitrogen and oxygen atoms in total. The predicted molar refractivity (Wildman–Crippen MR) is 90.9 cm³/mol. The first-order valence-electron chi connectivity index (χ1n) is 8.03. The fourth-order valence-electron chi connectivity index (χ4n) is 2.27. The van der Waals surface area contributed by atoms with Crippen LogP contribution in [0.5, 0.6) is 0 Å². The molecule has 3 rings (SSSR count). The molecule has 0 saturated heterocycles. The quantitative estimate of drug-likeness (QED) is 0.699. The number of rotatable bonds is 4. The van der Waals surface area contributed by atoms with Crippen LogP contribution in [0.2, 0.25) is 0 Å². The molecule has 0 aliphatic heterocycles. The van der Waals surface area contributed by atoms with Gasteiger partial charge in [-0.1, -0.05) is 0 Å². The zero-order valence-electron chi connectivity index (χ0n) is 14.9. The zero-order chi connectivity index (χ0) is 20.9. The van der Waals surface area contributed by atoms with Crippen LogP contribution in [0.25, 0.3) is 5.78 Å². The minimum absolute atomic E-state index is 0.156. The first-order valence-corrected chi connectivity index (χ1v) is 8.03. The Morgan fingerprint density at radius 1 is 1.29 bits per heavy atom. The van der Waals surface area contributed by atoms with Gasteiger partial charge in [-0.05, 0) is 32.0 Å². The number of hydrogen-bond donors (Lipinski definition) is 2. The lowest BCUT2D eigenvalue weighted by atomic mass is 10.3.